The normalized spacial score (nSPS) is 10.4. The number of thiocarbonyl (C=S) groups is 1. The molecule has 29 heavy (non-hydrogen) atoms. The molecule has 0 atom stereocenters. The van der Waals surface area contributed by atoms with Crippen molar-refractivity contribution in [3.8, 4) is 11.3 Å². The van der Waals surface area contributed by atoms with Crippen molar-refractivity contribution >= 4 is 69.4 Å². The zero-order valence-electron chi connectivity index (χ0n) is 14.2. The molecule has 2 N–H and O–H groups in total. The number of anilines is 1. The number of hydrogen-bond acceptors (Lipinski definition) is 5. The highest BCUT2D eigenvalue weighted by Crippen LogP contribution is 2.34. The van der Waals surface area contributed by atoms with Crippen LogP contribution in [-0.4, -0.2) is 15.9 Å². The van der Waals surface area contributed by atoms with Gasteiger partial charge in [0.2, 0.25) is 0 Å². The van der Waals surface area contributed by atoms with Crippen LogP contribution in [0.5, 0.6) is 0 Å². The van der Waals surface area contributed by atoms with E-state index < -0.39 is 10.8 Å². The molecule has 0 aliphatic carbocycles. The lowest BCUT2D eigenvalue weighted by Crippen LogP contribution is -2.34. The fourth-order valence-electron chi connectivity index (χ4n) is 2.38. The van der Waals surface area contributed by atoms with Crippen LogP contribution < -0.4 is 10.6 Å². The highest BCUT2D eigenvalue weighted by atomic mass is 35.5. The fourth-order valence-corrected chi connectivity index (χ4v) is 3.14. The number of carbonyl (C=O) groups excluding carboxylic acids is 1. The molecule has 148 valence electrons. The van der Waals surface area contributed by atoms with Gasteiger partial charge >= 0.3 is 0 Å². The van der Waals surface area contributed by atoms with Gasteiger partial charge in [-0.3, -0.25) is 20.2 Å². The maximum Gasteiger partial charge on any atom is 0.294 e. The summed E-state index contributed by atoms with van der Waals surface area (Å²) >= 11 is 23.0. The molecule has 0 aliphatic heterocycles. The molecule has 1 heterocycles. The SMILES string of the molecule is O=C(NC(=S)Nc1ccc(Cl)cc1[N+](=O)[O-])c1ccc(-c2cccc(Cl)c2Cl)o1. The second-order valence-electron chi connectivity index (χ2n) is 5.59. The van der Waals surface area contributed by atoms with Crippen LogP contribution in [0.25, 0.3) is 11.3 Å². The second-order valence-corrected chi connectivity index (χ2v) is 7.22. The number of carbonyl (C=O) groups is 1. The summed E-state index contributed by atoms with van der Waals surface area (Å²) in [5, 5.41) is 16.8. The minimum atomic E-state index is -0.650. The summed E-state index contributed by atoms with van der Waals surface area (Å²) in [6.07, 6.45) is 0. The van der Waals surface area contributed by atoms with E-state index in [-0.39, 0.29) is 27.3 Å². The van der Waals surface area contributed by atoms with Crippen LogP contribution in [0.3, 0.4) is 0 Å². The van der Waals surface area contributed by atoms with Gasteiger partial charge in [-0.05, 0) is 48.6 Å². The van der Waals surface area contributed by atoms with Crippen LogP contribution in [0, 0.1) is 10.1 Å². The molecule has 0 aliphatic rings. The zero-order chi connectivity index (χ0) is 21.1. The molecule has 0 fully saturated rings. The van der Waals surface area contributed by atoms with Gasteiger partial charge in [-0.1, -0.05) is 40.9 Å². The van der Waals surface area contributed by atoms with Crippen molar-refractivity contribution in [2.24, 2.45) is 0 Å². The summed E-state index contributed by atoms with van der Waals surface area (Å²) in [5.41, 5.74) is 0.316. The maximum absolute atomic E-state index is 12.4. The Morgan fingerprint density at radius 3 is 2.59 bits per heavy atom. The van der Waals surface area contributed by atoms with Crippen LogP contribution in [0.15, 0.2) is 52.9 Å². The van der Waals surface area contributed by atoms with Crippen molar-refractivity contribution in [3.63, 3.8) is 0 Å². The number of furan rings is 1. The molecule has 0 saturated carbocycles. The first-order valence-electron chi connectivity index (χ1n) is 7.86. The number of nitrogens with one attached hydrogen (secondary N) is 2. The maximum atomic E-state index is 12.4. The first-order chi connectivity index (χ1) is 13.8. The Bertz CT molecular complexity index is 1130. The van der Waals surface area contributed by atoms with Gasteiger partial charge in [0, 0.05) is 16.7 Å². The van der Waals surface area contributed by atoms with Gasteiger partial charge in [0.25, 0.3) is 11.6 Å². The Morgan fingerprint density at radius 1 is 1.10 bits per heavy atom. The third-order valence-electron chi connectivity index (χ3n) is 3.68. The number of nitrogens with zero attached hydrogens (tertiary/aromatic N) is 1. The van der Waals surface area contributed by atoms with Gasteiger partial charge in [0.15, 0.2) is 10.9 Å². The topological polar surface area (TPSA) is 97.4 Å². The summed E-state index contributed by atoms with van der Waals surface area (Å²) in [6, 6.07) is 12.0. The number of rotatable bonds is 4. The van der Waals surface area contributed by atoms with E-state index in [0.717, 1.165) is 0 Å². The number of benzene rings is 2. The lowest BCUT2D eigenvalue weighted by atomic mass is 10.2. The highest BCUT2D eigenvalue weighted by Gasteiger charge is 2.19. The standard InChI is InChI=1S/C18H10Cl3N3O4S/c19-9-4-5-12(13(8-9)24(26)27)22-18(29)23-17(25)15-7-6-14(28-15)10-2-1-3-11(20)16(10)21/h1-8H,(H2,22,23,25,29). The van der Waals surface area contributed by atoms with Gasteiger partial charge in [-0.2, -0.15) is 0 Å². The molecule has 3 rings (SSSR count). The lowest BCUT2D eigenvalue weighted by molar-refractivity contribution is -0.383. The van der Waals surface area contributed by atoms with Gasteiger partial charge in [-0.25, -0.2) is 0 Å². The van der Waals surface area contributed by atoms with Crippen LogP contribution in [-0.2, 0) is 0 Å². The van der Waals surface area contributed by atoms with Crippen molar-refractivity contribution in [2.45, 2.75) is 0 Å². The zero-order valence-corrected chi connectivity index (χ0v) is 17.3. The Morgan fingerprint density at radius 2 is 1.86 bits per heavy atom. The van der Waals surface area contributed by atoms with E-state index in [0.29, 0.717) is 21.4 Å². The van der Waals surface area contributed by atoms with E-state index >= 15 is 0 Å². The summed E-state index contributed by atoms with van der Waals surface area (Å²) in [6.45, 7) is 0. The van der Waals surface area contributed by atoms with Gasteiger partial charge in [0.05, 0.1) is 15.0 Å². The molecular weight excluding hydrogens is 461 g/mol. The van der Waals surface area contributed by atoms with Crippen molar-refractivity contribution in [1.82, 2.24) is 5.32 Å². The predicted molar refractivity (Wildman–Crippen MR) is 116 cm³/mol. The summed E-state index contributed by atoms with van der Waals surface area (Å²) in [7, 11) is 0. The number of amides is 1. The summed E-state index contributed by atoms with van der Waals surface area (Å²) < 4.78 is 5.53. The molecule has 0 unspecified atom stereocenters. The van der Waals surface area contributed by atoms with E-state index in [9.17, 15) is 14.9 Å². The Hall–Kier alpha value is -2.65. The number of halogens is 3. The van der Waals surface area contributed by atoms with E-state index in [1.807, 2.05) is 0 Å². The smallest absolute Gasteiger partial charge is 0.294 e. The first-order valence-corrected chi connectivity index (χ1v) is 9.41. The highest BCUT2D eigenvalue weighted by molar-refractivity contribution is 7.80. The Balaban J connectivity index is 1.73. The number of nitro groups is 1. The molecule has 2 aromatic carbocycles. The van der Waals surface area contributed by atoms with Crippen molar-refractivity contribution in [3.05, 3.63) is 79.5 Å². The largest absolute Gasteiger partial charge is 0.451 e. The quantitative estimate of drug-likeness (QED) is 0.278. The van der Waals surface area contributed by atoms with E-state index in [2.05, 4.69) is 10.6 Å². The van der Waals surface area contributed by atoms with Gasteiger partial charge in [-0.15, -0.1) is 0 Å². The lowest BCUT2D eigenvalue weighted by Gasteiger charge is -2.09. The Kier molecular flexibility index (Phi) is 6.39. The van der Waals surface area contributed by atoms with Crippen LogP contribution >= 0.6 is 47.0 Å². The number of hydrogen-bond donors (Lipinski definition) is 2. The molecule has 0 bridgehead atoms. The minimum absolute atomic E-state index is 0.0363. The van der Waals surface area contributed by atoms with E-state index in [1.54, 1.807) is 24.3 Å². The second kappa shape index (κ2) is 8.79. The van der Waals surface area contributed by atoms with Crippen LogP contribution in [0.2, 0.25) is 15.1 Å². The molecule has 11 heteroatoms. The van der Waals surface area contributed by atoms with E-state index in [1.165, 1.54) is 24.3 Å². The third-order valence-corrected chi connectivity index (χ3v) is 4.94. The van der Waals surface area contributed by atoms with Crippen LogP contribution in [0.4, 0.5) is 11.4 Å². The summed E-state index contributed by atoms with van der Waals surface area (Å²) in [5.74, 6) is -0.343. The molecular formula is C18H10Cl3N3O4S. The molecule has 1 amide bonds. The average Bonchev–Trinajstić information content (AvgIpc) is 3.15. The predicted octanol–water partition coefficient (Wildman–Crippen LogP) is 5.94. The minimum Gasteiger partial charge on any atom is -0.451 e. The summed E-state index contributed by atoms with van der Waals surface area (Å²) in [4.78, 5) is 22.9. The molecule has 7 nitrogen and oxygen atoms in total. The van der Waals surface area contributed by atoms with Crippen molar-refractivity contribution < 1.29 is 14.1 Å². The molecule has 0 spiro atoms. The Labute approximate surface area is 184 Å². The first kappa shape index (κ1) is 21.1. The monoisotopic (exact) mass is 469 g/mol. The molecule has 0 radical (unpaired) electrons. The molecule has 0 saturated heterocycles. The number of nitro benzene ring substituents is 1. The van der Waals surface area contributed by atoms with Crippen LogP contribution in [0.1, 0.15) is 10.6 Å². The van der Waals surface area contributed by atoms with Gasteiger partial charge < -0.3 is 9.73 Å². The molecule has 1 aromatic heterocycles. The average molecular weight is 471 g/mol. The van der Waals surface area contributed by atoms with Crippen molar-refractivity contribution in [2.75, 3.05) is 5.32 Å². The fraction of sp³-hybridized carbons (Fsp3) is 0. The van der Waals surface area contributed by atoms with Crippen molar-refractivity contribution in [1.29, 1.82) is 0 Å². The molecule has 3 aromatic rings. The third kappa shape index (κ3) is 4.86. The van der Waals surface area contributed by atoms with Gasteiger partial charge in [0.1, 0.15) is 11.4 Å². The van der Waals surface area contributed by atoms with E-state index in [4.69, 9.17) is 51.4 Å².